The first-order valence-electron chi connectivity index (χ1n) is 7.68. The highest BCUT2D eigenvalue weighted by Crippen LogP contribution is 2.27. The molecule has 8 nitrogen and oxygen atoms in total. The van der Waals surface area contributed by atoms with Crippen LogP contribution in [0.1, 0.15) is 21.8 Å². The molecule has 0 aliphatic carbocycles. The smallest absolute Gasteiger partial charge is 0.259 e. The van der Waals surface area contributed by atoms with Crippen LogP contribution in [0.3, 0.4) is 0 Å². The SMILES string of the molecule is Cc1sc2nc(CC(=O)N/N=C/c3cccc(O)c3O)[nH]c(=O)c2c1C. The van der Waals surface area contributed by atoms with Crippen molar-refractivity contribution in [3.05, 3.63) is 50.4 Å². The van der Waals surface area contributed by atoms with E-state index in [1.807, 2.05) is 13.8 Å². The average Bonchev–Trinajstić information content (AvgIpc) is 2.86. The normalized spacial score (nSPS) is 11.3. The number of amides is 1. The van der Waals surface area contributed by atoms with Gasteiger partial charge in [0.2, 0.25) is 5.91 Å². The van der Waals surface area contributed by atoms with E-state index in [1.54, 1.807) is 0 Å². The van der Waals surface area contributed by atoms with Gasteiger partial charge in [0.1, 0.15) is 10.7 Å². The number of hydrazone groups is 1. The summed E-state index contributed by atoms with van der Waals surface area (Å²) in [4.78, 5) is 32.7. The summed E-state index contributed by atoms with van der Waals surface area (Å²) in [6, 6.07) is 4.39. The highest BCUT2D eigenvalue weighted by molar-refractivity contribution is 7.18. The van der Waals surface area contributed by atoms with E-state index in [0.717, 1.165) is 10.4 Å². The summed E-state index contributed by atoms with van der Waals surface area (Å²) >= 11 is 1.41. The van der Waals surface area contributed by atoms with Gasteiger partial charge < -0.3 is 15.2 Å². The number of rotatable bonds is 4. The summed E-state index contributed by atoms with van der Waals surface area (Å²) in [7, 11) is 0. The number of aromatic nitrogens is 2. The van der Waals surface area contributed by atoms with Crippen molar-refractivity contribution in [2.75, 3.05) is 0 Å². The fourth-order valence-electron chi connectivity index (χ4n) is 2.40. The molecule has 0 fully saturated rings. The third-order valence-corrected chi connectivity index (χ3v) is 4.96. The monoisotopic (exact) mass is 372 g/mol. The maximum Gasteiger partial charge on any atom is 0.259 e. The molecule has 0 aliphatic rings. The highest BCUT2D eigenvalue weighted by Gasteiger charge is 2.13. The first kappa shape index (κ1) is 17.6. The Kier molecular flexibility index (Phi) is 4.72. The maximum absolute atomic E-state index is 12.2. The number of fused-ring (bicyclic) bond motifs is 1. The number of aromatic hydroxyl groups is 2. The van der Waals surface area contributed by atoms with Crippen LogP contribution in [0.15, 0.2) is 28.1 Å². The molecule has 0 unspecified atom stereocenters. The Morgan fingerprint density at radius 2 is 2.15 bits per heavy atom. The Bertz CT molecular complexity index is 1080. The number of thiophene rings is 1. The van der Waals surface area contributed by atoms with Crippen molar-refractivity contribution in [3.63, 3.8) is 0 Å². The number of carbonyl (C=O) groups is 1. The largest absolute Gasteiger partial charge is 0.504 e. The molecule has 0 bridgehead atoms. The molecular formula is C17H16N4O4S. The fraction of sp³-hybridized carbons (Fsp3) is 0.176. The lowest BCUT2D eigenvalue weighted by Gasteiger charge is -2.02. The minimum absolute atomic E-state index is 0.148. The quantitative estimate of drug-likeness (QED) is 0.315. The predicted molar refractivity (Wildman–Crippen MR) is 98.9 cm³/mol. The first-order valence-corrected chi connectivity index (χ1v) is 8.50. The molecule has 3 aromatic rings. The molecule has 1 aromatic carbocycles. The Morgan fingerprint density at radius 1 is 1.38 bits per heavy atom. The summed E-state index contributed by atoms with van der Waals surface area (Å²) in [5, 5.41) is 23.3. The summed E-state index contributed by atoms with van der Waals surface area (Å²) < 4.78 is 0. The van der Waals surface area contributed by atoms with E-state index < -0.39 is 5.91 Å². The zero-order chi connectivity index (χ0) is 18.8. The zero-order valence-corrected chi connectivity index (χ0v) is 14.8. The van der Waals surface area contributed by atoms with Gasteiger partial charge in [-0.1, -0.05) is 6.07 Å². The van der Waals surface area contributed by atoms with Gasteiger partial charge in [-0.05, 0) is 31.5 Å². The van der Waals surface area contributed by atoms with Crippen LogP contribution < -0.4 is 11.0 Å². The number of hydrogen-bond donors (Lipinski definition) is 4. The minimum atomic E-state index is -0.478. The van der Waals surface area contributed by atoms with E-state index >= 15 is 0 Å². The molecule has 1 amide bonds. The molecular weight excluding hydrogens is 356 g/mol. The second kappa shape index (κ2) is 6.96. The lowest BCUT2D eigenvalue weighted by molar-refractivity contribution is -0.120. The third kappa shape index (κ3) is 3.42. The van der Waals surface area contributed by atoms with Crippen molar-refractivity contribution >= 4 is 33.7 Å². The standard InChI is InChI=1S/C17H16N4O4S/c1-8-9(2)26-17-14(8)16(25)19-12(20-17)6-13(23)21-18-7-10-4-3-5-11(22)15(10)24/h3-5,7,22,24H,6H2,1-2H3,(H,21,23)(H,19,20,25)/b18-7+. The Morgan fingerprint density at radius 3 is 2.92 bits per heavy atom. The number of para-hydroxylation sites is 1. The molecule has 0 saturated carbocycles. The van der Waals surface area contributed by atoms with E-state index in [1.165, 1.54) is 35.8 Å². The molecule has 0 atom stereocenters. The number of carbonyl (C=O) groups excluding carboxylic acids is 1. The van der Waals surface area contributed by atoms with Crippen LogP contribution >= 0.6 is 11.3 Å². The van der Waals surface area contributed by atoms with Gasteiger partial charge in [0, 0.05) is 10.4 Å². The number of H-pyrrole nitrogens is 1. The second-order valence-electron chi connectivity index (χ2n) is 5.66. The van der Waals surface area contributed by atoms with E-state index in [9.17, 15) is 19.8 Å². The van der Waals surface area contributed by atoms with Crippen LogP contribution in [0.4, 0.5) is 0 Å². The van der Waals surface area contributed by atoms with Gasteiger partial charge in [0.25, 0.3) is 5.56 Å². The van der Waals surface area contributed by atoms with Gasteiger partial charge in [-0.15, -0.1) is 11.3 Å². The number of nitrogens with zero attached hydrogens (tertiary/aromatic N) is 2. The summed E-state index contributed by atoms with van der Waals surface area (Å²) in [5.74, 6) is -0.840. The molecule has 0 aliphatic heterocycles. The summed E-state index contributed by atoms with van der Waals surface area (Å²) in [6.45, 7) is 3.78. The van der Waals surface area contributed by atoms with Crippen LogP contribution in [-0.2, 0) is 11.2 Å². The van der Waals surface area contributed by atoms with Gasteiger partial charge in [0.15, 0.2) is 11.5 Å². The predicted octanol–water partition coefficient (Wildman–Crippen LogP) is 1.71. The molecule has 4 N–H and O–H groups in total. The Balaban J connectivity index is 1.72. The molecule has 0 saturated heterocycles. The fourth-order valence-corrected chi connectivity index (χ4v) is 3.45. The molecule has 2 aromatic heterocycles. The van der Waals surface area contributed by atoms with Crippen LogP contribution in [0.2, 0.25) is 0 Å². The van der Waals surface area contributed by atoms with E-state index in [2.05, 4.69) is 20.5 Å². The van der Waals surface area contributed by atoms with E-state index in [4.69, 9.17) is 0 Å². The highest BCUT2D eigenvalue weighted by atomic mass is 32.1. The number of aryl methyl sites for hydroxylation is 2. The number of nitrogens with one attached hydrogen (secondary N) is 2. The van der Waals surface area contributed by atoms with Crippen LogP contribution in [0, 0.1) is 13.8 Å². The Hall–Kier alpha value is -3.20. The molecule has 0 spiro atoms. The van der Waals surface area contributed by atoms with Gasteiger partial charge in [-0.25, -0.2) is 10.4 Å². The summed E-state index contributed by atoms with van der Waals surface area (Å²) in [5.41, 5.74) is 3.17. The third-order valence-electron chi connectivity index (χ3n) is 3.85. The van der Waals surface area contributed by atoms with Crippen LogP contribution in [0.25, 0.3) is 10.2 Å². The average molecular weight is 372 g/mol. The van der Waals surface area contributed by atoms with Crippen molar-refractivity contribution in [1.82, 2.24) is 15.4 Å². The lowest BCUT2D eigenvalue weighted by atomic mass is 10.2. The number of benzene rings is 1. The molecule has 134 valence electrons. The van der Waals surface area contributed by atoms with Crippen LogP contribution in [-0.4, -0.2) is 32.3 Å². The topological polar surface area (TPSA) is 128 Å². The molecule has 0 radical (unpaired) electrons. The van der Waals surface area contributed by atoms with Crippen molar-refractivity contribution in [1.29, 1.82) is 0 Å². The van der Waals surface area contributed by atoms with Crippen molar-refractivity contribution in [3.8, 4) is 11.5 Å². The lowest BCUT2D eigenvalue weighted by Crippen LogP contribution is -2.23. The van der Waals surface area contributed by atoms with Crippen LogP contribution in [0.5, 0.6) is 11.5 Å². The van der Waals surface area contributed by atoms with Gasteiger partial charge in [-0.3, -0.25) is 9.59 Å². The molecule has 26 heavy (non-hydrogen) atoms. The summed E-state index contributed by atoms with van der Waals surface area (Å²) in [6.07, 6.45) is 1.06. The second-order valence-corrected chi connectivity index (χ2v) is 6.86. The minimum Gasteiger partial charge on any atom is -0.504 e. The molecule has 3 rings (SSSR count). The molecule has 9 heteroatoms. The van der Waals surface area contributed by atoms with Gasteiger partial charge >= 0.3 is 0 Å². The van der Waals surface area contributed by atoms with E-state index in [0.29, 0.717) is 10.2 Å². The number of phenolic OH excluding ortho intramolecular Hbond substituents is 2. The first-order chi connectivity index (χ1) is 12.4. The van der Waals surface area contributed by atoms with Crippen molar-refractivity contribution in [2.45, 2.75) is 20.3 Å². The van der Waals surface area contributed by atoms with Crippen molar-refractivity contribution in [2.24, 2.45) is 5.10 Å². The van der Waals surface area contributed by atoms with Crippen molar-refractivity contribution < 1.29 is 15.0 Å². The number of aromatic amines is 1. The molecule has 2 heterocycles. The number of phenols is 2. The number of hydrogen-bond acceptors (Lipinski definition) is 7. The van der Waals surface area contributed by atoms with Gasteiger partial charge in [0.05, 0.1) is 18.0 Å². The zero-order valence-electron chi connectivity index (χ0n) is 14.0. The maximum atomic E-state index is 12.2. The van der Waals surface area contributed by atoms with Gasteiger partial charge in [-0.2, -0.15) is 5.10 Å². The Labute approximate surface area is 151 Å². The van der Waals surface area contributed by atoms with E-state index in [-0.39, 0.29) is 34.9 Å².